The van der Waals surface area contributed by atoms with E-state index >= 15 is 0 Å². The Labute approximate surface area is 135 Å². The number of nitriles is 1. The summed E-state index contributed by atoms with van der Waals surface area (Å²) in [4.78, 5) is 10.7. The first-order valence-corrected chi connectivity index (χ1v) is 7.57. The van der Waals surface area contributed by atoms with Crippen LogP contribution in [0.3, 0.4) is 0 Å². The summed E-state index contributed by atoms with van der Waals surface area (Å²) in [5, 5.41) is 8.81. The van der Waals surface area contributed by atoms with Gasteiger partial charge in [-0.05, 0) is 24.3 Å². The van der Waals surface area contributed by atoms with Crippen LogP contribution in [0.5, 0.6) is 11.6 Å². The number of anilines is 1. The lowest BCUT2D eigenvalue weighted by Gasteiger charge is -2.33. The van der Waals surface area contributed by atoms with Gasteiger partial charge in [0.05, 0.1) is 18.7 Å². The summed E-state index contributed by atoms with van der Waals surface area (Å²) < 4.78 is 11.3. The molecule has 1 aromatic heterocycles. The fourth-order valence-electron chi connectivity index (χ4n) is 2.66. The maximum absolute atomic E-state index is 8.81. The largest absolute Gasteiger partial charge is 0.490 e. The summed E-state index contributed by atoms with van der Waals surface area (Å²) in [5.41, 5.74) is 0.641. The van der Waals surface area contributed by atoms with Gasteiger partial charge in [0.15, 0.2) is 5.82 Å². The maximum Gasteiger partial charge on any atom is 0.257 e. The molecule has 1 aliphatic rings. The number of hydrogen-bond donors (Lipinski definition) is 0. The van der Waals surface area contributed by atoms with Crippen molar-refractivity contribution in [3.05, 3.63) is 42.2 Å². The molecule has 118 valence electrons. The summed E-state index contributed by atoms with van der Waals surface area (Å²) in [7, 11) is 1.61. The molecular formula is C17H18N4O2. The molecule has 3 rings (SSSR count). The Bertz CT molecular complexity index is 688. The van der Waals surface area contributed by atoms with E-state index < -0.39 is 0 Å². The smallest absolute Gasteiger partial charge is 0.257 e. The number of hydrogen-bond acceptors (Lipinski definition) is 6. The van der Waals surface area contributed by atoms with Crippen LogP contribution in [0, 0.1) is 11.3 Å². The molecule has 0 radical (unpaired) electrons. The summed E-state index contributed by atoms with van der Waals surface area (Å²) in [6.45, 7) is 1.69. The lowest BCUT2D eigenvalue weighted by atomic mass is 10.1. The van der Waals surface area contributed by atoms with Crippen LogP contribution >= 0.6 is 0 Å². The second-order valence-electron chi connectivity index (χ2n) is 5.33. The SMILES string of the molecule is COc1nccnc1N1CCC(Oc2ccc(C#N)cc2)CC1. The van der Waals surface area contributed by atoms with Gasteiger partial charge in [-0.1, -0.05) is 0 Å². The van der Waals surface area contributed by atoms with Crippen molar-refractivity contribution in [1.82, 2.24) is 9.97 Å². The lowest BCUT2D eigenvalue weighted by molar-refractivity contribution is 0.170. The Morgan fingerprint density at radius 2 is 1.83 bits per heavy atom. The number of methoxy groups -OCH3 is 1. The van der Waals surface area contributed by atoms with Crippen molar-refractivity contribution in [2.75, 3.05) is 25.1 Å². The topological polar surface area (TPSA) is 71.3 Å². The van der Waals surface area contributed by atoms with Gasteiger partial charge in [0.25, 0.3) is 5.88 Å². The Morgan fingerprint density at radius 1 is 1.13 bits per heavy atom. The van der Waals surface area contributed by atoms with Crippen molar-refractivity contribution < 1.29 is 9.47 Å². The van der Waals surface area contributed by atoms with Crippen molar-refractivity contribution in [2.24, 2.45) is 0 Å². The zero-order valence-electron chi connectivity index (χ0n) is 13.0. The molecule has 0 amide bonds. The molecule has 1 aromatic carbocycles. The van der Waals surface area contributed by atoms with E-state index in [1.807, 2.05) is 12.1 Å². The summed E-state index contributed by atoms with van der Waals surface area (Å²) >= 11 is 0. The fourth-order valence-corrected chi connectivity index (χ4v) is 2.66. The second kappa shape index (κ2) is 6.97. The Kier molecular flexibility index (Phi) is 4.57. The second-order valence-corrected chi connectivity index (χ2v) is 5.33. The quantitative estimate of drug-likeness (QED) is 0.863. The van der Waals surface area contributed by atoms with Crippen LogP contribution in [0.15, 0.2) is 36.7 Å². The van der Waals surface area contributed by atoms with Crippen LogP contribution in [0.4, 0.5) is 5.82 Å². The van der Waals surface area contributed by atoms with E-state index in [-0.39, 0.29) is 6.10 Å². The van der Waals surface area contributed by atoms with Gasteiger partial charge in [-0.2, -0.15) is 5.26 Å². The van der Waals surface area contributed by atoms with Crippen LogP contribution in [0.1, 0.15) is 18.4 Å². The predicted octanol–water partition coefficient (Wildman–Crippen LogP) is 2.40. The molecule has 23 heavy (non-hydrogen) atoms. The molecule has 0 bridgehead atoms. The molecular weight excluding hydrogens is 292 g/mol. The highest BCUT2D eigenvalue weighted by atomic mass is 16.5. The van der Waals surface area contributed by atoms with E-state index in [1.165, 1.54) is 0 Å². The average molecular weight is 310 g/mol. The fraction of sp³-hybridized carbons (Fsp3) is 0.353. The lowest BCUT2D eigenvalue weighted by Crippen LogP contribution is -2.39. The van der Waals surface area contributed by atoms with Gasteiger partial charge >= 0.3 is 0 Å². The molecule has 0 atom stereocenters. The maximum atomic E-state index is 8.81. The van der Waals surface area contributed by atoms with E-state index in [4.69, 9.17) is 14.7 Å². The number of rotatable bonds is 4. The minimum Gasteiger partial charge on any atom is -0.490 e. The standard InChI is InChI=1S/C17H18N4O2/c1-22-17-16(19-8-9-20-17)21-10-6-15(7-11-21)23-14-4-2-13(12-18)3-5-14/h2-5,8-9,15H,6-7,10-11H2,1H3. The first-order valence-electron chi connectivity index (χ1n) is 7.57. The van der Waals surface area contributed by atoms with E-state index in [0.717, 1.165) is 37.5 Å². The van der Waals surface area contributed by atoms with Crippen molar-refractivity contribution in [3.63, 3.8) is 0 Å². The van der Waals surface area contributed by atoms with Gasteiger partial charge in [0, 0.05) is 38.3 Å². The predicted molar refractivity (Wildman–Crippen MR) is 85.6 cm³/mol. The molecule has 1 fully saturated rings. The molecule has 0 aliphatic carbocycles. The van der Waals surface area contributed by atoms with E-state index in [1.54, 1.807) is 31.6 Å². The van der Waals surface area contributed by atoms with Crippen LogP contribution < -0.4 is 14.4 Å². The third-order valence-electron chi connectivity index (χ3n) is 3.87. The van der Waals surface area contributed by atoms with Gasteiger partial charge in [-0.3, -0.25) is 0 Å². The number of aromatic nitrogens is 2. The molecule has 2 aromatic rings. The highest BCUT2D eigenvalue weighted by Gasteiger charge is 2.23. The number of piperidine rings is 1. The molecule has 1 aliphatic heterocycles. The summed E-state index contributed by atoms with van der Waals surface area (Å²) in [6, 6.07) is 9.34. The molecule has 0 spiro atoms. The van der Waals surface area contributed by atoms with Crippen molar-refractivity contribution in [3.8, 4) is 17.7 Å². The molecule has 2 heterocycles. The van der Waals surface area contributed by atoms with Crippen LogP contribution in [0.25, 0.3) is 0 Å². The van der Waals surface area contributed by atoms with Crippen LogP contribution in [-0.4, -0.2) is 36.3 Å². The van der Waals surface area contributed by atoms with Crippen LogP contribution in [0.2, 0.25) is 0 Å². The first kappa shape index (κ1) is 15.1. The Hall–Kier alpha value is -2.81. The molecule has 0 saturated carbocycles. The zero-order chi connectivity index (χ0) is 16.1. The minimum atomic E-state index is 0.168. The van der Waals surface area contributed by atoms with Gasteiger partial charge in [0.1, 0.15) is 11.9 Å². The monoisotopic (exact) mass is 310 g/mol. The highest BCUT2D eigenvalue weighted by Crippen LogP contribution is 2.27. The molecule has 6 nitrogen and oxygen atoms in total. The Morgan fingerprint density at radius 3 is 2.48 bits per heavy atom. The zero-order valence-corrected chi connectivity index (χ0v) is 13.0. The van der Waals surface area contributed by atoms with Gasteiger partial charge in [0.2, 0.25) is 0 Å². The number of ether oxygens (including phenoxy) is 2. The normalized spacial score (nSPS) is 15.0. The van der Waals surface area contributed by atoms with E-state index in [0.29, 0.717) is 11.4 Å². The third kappa shape index (κ3) is 3.51. The van der Waals surface area contributed by atoms with E-state index in [2.05, 4.69) is 20.9 Å². The van der Waals surface area contributed by atoms with Crippen LogP contribution in [-0.2, 0) is 0 Å². The summed E-state index contributed by atoms with van der Waals surface area (Å²) in [5.74, 6) is 2.14. The Balaban J connectivity index is 1.59. The minimum absolute atomic E-state index is 0.168. The third-order valence-corrected chi connectivity index (χ3v) is 3.87. The van der Waals surface area contributed by atoms with Gasteiger partial charge in [-0.25, -0.2) is 9.97 Å². The first-order chi connectivity index (χ1) is 11.3. The molecule has 6 heteroatoms. The number of nitrogens with zero attached hydrogens (tertiary/aromatic N) is 4. The van der Waals surface area contributed by atoms with Crippen molar-refractivity contribution >= 4 is 5.82 Å². The van der Waals surface area contributed by atoms with Crippen molar-refractivity contribution in [1.29, 1.82) is 5.26 Å². The van der Waals surface area contributed by atoms with Gasteiger partial charge < -0.3 is 14.4 Å². The summed E-state index contributed by atoms with van der Waals surface area (Å²) in [6.07, 6.45) is 5.28. The van der Waals surface area contributed by atoms with Gasteiger partial charge in [-0.15, -0.1) is 0 Å². The number of benzene rings is 1. The average Bonchev–Trinajstić information content (AvgIpc) is 2.63. The highest BCUT2D eigenvalue weighted by molar-refractivity contribution is 5.48. The molecule has 1 saturated heterocycles. The molecule has 0 unspecified atom stereocenters. The van der Waals surface area contributed by atoms with E-state index in [9.17, 15) is 0 Å². The van der Waals surface area contributed by atoms with Crippen molar-refractivity contribution in [2.45, 2.75) is 18.9 Å². The molecule has 0 N–H and O–H groups in total.